The molecule has 0 aliphatic carbocycles. The molecule has 76 valence electrons. The highest BCUT2D eigenvalue weighted by Gasteiger charge is 1.97. The van der Waals surface area contributed by atoms with Crippen molar-refractivity contribution in [1.82, 2.24) is 0 Å². The third kappa shape index (κ3) is 3.47. The van der Waals surface area contributed by atoms with Crippen molar-refractivity contribution in [3.05, 3.63) is 29.3 Å². The number of ether oxygens (including phenoxy) is 1. The van der Waals surface area contributed by atoms with Crippen LogP contribution in [0.5, 0.6) is 5.75 Å². The van der Waals surface area contributed by atoms with E-state index in [4.69, 9.17) is 15.9 Å². The molecule has 0 aliphatic rings. The summed E-state index contributed by atoms with van der Waals surface area (Å²) < 4.78 is 5.46. The molecule has 0 bridgehead atoms. The van der Waals surface area contributed by atoms with Crippen molar-refractivity contribution < 1.29 is 4.74 Å². The topological polar surface area (TPSA) is 59.1 Å². The van der Waals surface area contributed by atoms with Crippen LogP contribution in [0.3, 0.4) is 0 Å². The number of aryl methyl sites for hydroxylation is 2. The molecule has 0 fully saturated rings. The monoisotopic (exact) mass is 192 g/mol. The summed E-state index contributed by atoms with van der Waals surface area (Å²) in [6, 6.07) is 6.05. The van der Waals surface area contributed by atoms with Gasteiger partial charge in [-0.05, 0) is 37.1 Å². The molecule has 3 nitrogen and oxygen atoms in total. The van der Waals surface area contributed by atoms with Crippen LogP contribution in [0.25, 0.3) is 0 Å². The normalized spacial score (nSPS) is 9.86. The first kappa shape index (κ1) is 10.6. The molecule has 3 heteroatoms. The largest absolute Gasteiger partial charge is 0.493 e. The van der Waals surface area contributed by atoms with Gasteiger partial charge in [-0.15, -0.1) is 0 Å². The summed E-state index contributed by atoms with van der Waals surface area (Å²) in [6.07, 6.45) is 0.479. The van der Waals surface area contributed by atoms with Crippen LogP contribution in [0.2, 0.25) is 0 Å². The summed E-state index contributed by atoms with van der Waals surface area (Å²) in [7, 11) is 0. The lowest BCUT2D eigenvalue weighted by atomic mass is 10.1. The molecule has 0 amide bonds. The first-order valence-electron chi connectivity index (χ1n) is 4.62. The average molecular weight is 192 g/mol. The molecule has 1 aromatic rings. The van der Waals surface area contributed by atoms with Crippen molar-refractivity contribution >= 4 is 5.84 Å². The zero-order valence-corrected chi connectivity index (χ0v) is 8.63. The molecule has 0 radical (unpaired) electrons. The Bertz CT molecular complexity index is 314. The second kappa shape index (κ2) is 4.65. The molecular formula is C11H16N2O. The van der Waals surface area contributed by atoms with Crippen LogP contribution >= 0.6 is 0 Å². The lowest BCUT2D eigenvalue weighted by molar-refractivity contribution is 0.328. The molecule has 0 saturated carbocycles. The molecule has 0 aliphatic heterocycles. The van der Waals surface area contributed by atoms with E-state index in [0.717, 1.165) is 5.75 Å². The molecule has 3 N–H and O–H groups in total. The fourth-order valence-electron chi connectivity index (χ4n) is 1.30. The van der Waals surface area contributed by atoms with Crippen molar-refractivity contribution in [1.29, 1.82) is 5.41 Å². The fraction of sp³-hybridized carbons (Fsp3) is 0.364. The van der Waals surface area contributed by atoms with Crippen LogP contribution < -0.4 is 10.5 Å². The van der Waals surface area contributed by atoms with E-state index in [-0.39, 0.29) is 5.84 Å². The van der Waals surface area contributed by atoms with Gasteiger partial charge in [-0.1, -0.05) is 6.07 Å². The van der Waals surface area contributed by atoms with E-state index < -0.39 is 0 Å². The number of hydrogen-bond acceptors (Lipinski definition) is 2. The molecule has 14 heavy (non-hydrogen) atoms. The van der Waals surface area contributed by atoms with Gasteiger partial charge in [0.2, 0.25) is 0 Å². The summed E-state index contributed by atoms with van der Waals surface area (Å²) >= 11 is 0. The molecule has 1 aromatic carbocycles. The second-order valence-corrected chi connectivity index (χ2v) is 3.45. The molecule has 0 atom stereocenters. The second-order valence-electron chi connectivity index (χ2n) is 3.45. The quantitative estimate of drug-likeness (QED) is 0.566. The van der Waals surface area contributed by atoms with Crippen LogP contribution in [0, 0.1) is 19.3 Å². The van der Waals surface area contributed by atoms with E-state index in [1.54, 1.807) is 0 Å². The molecule has 0 spiro atoms. The Labute approximate surface area is 84.4 Å². The van der Waals surface area contributed by atoms with Crippen molar-refractivity contribution in [3.63, 3.8) is 0 Å². The highest BCUT2D eigenvalue weighted by molar-refractivity contribution is 5.76. The van der Waals surface area contributed by atoms with Gasteiger partial charge in [0.15, 0.2) is 0 Å². The Morgan fingerprint density at radius 1 is 1.29 bits per heavy atom. The van der Waals surface area contributed by atoms with Gasteiger partial charge in [-0.25, -0.2) is 0 Å². The molecular weight excluding hydrogens is 176 g/mol. The predicted molar refractivity (Wildman–Crippen MR) is 57.9 cm³/mol. The van der Waals surface area contributed by atoms with E-state index in [0.29, 0.717) is 13.0 Å². The summed E-state index contributed by atoms with van der Waals surface area (Å²) in [4.78, 5) is 0. The molecule has 1 rings (SSSR count). The number of nitrogens with one attached hydrogen (secondary N) is 1. The van der Waals surface area contributed by atoms with E-state index in [1.165, 1.54) is 11.1 Å². The van der Waals surface area contributed by atoms with E-state index >= 15 is 0 Å². The van der Waals surface area contributed by atoms with Gasteiger partial charge >= 0.3 is 0 Å². The smallest absolute Gasteiger partial charge is 0.119 e. The SMILES string of the molecule is Cc1cc(C)cc(OCCC(=N)N)c1. The maximum atomic E-state index is 7.04. The number of hydrogen-bond donors (Lipinski definition) is 2. The van der Waals surface area contributed by atoms with Gasteiger partial charge in [0.1, 0.15) is 5.75 Å². The Hall–Kier alpha value is -1.51. The molecule has 0 heterocycles. The summed E-state index contributed by atoms with van der Waals surface area (Å²) in [5.41, 5.74) is 7.59. The molecule has 0 unspecified atom stereocenters. The highest BCUT2D eigenvalue weighted by Crippen LogP contribution is 2.16. The van der Waals surface area contributed by atoms with Gasteiger partial charge in [0.25, 0.3) is 0 Å². The van der Waals surface area contributed by atoms with Gasteiger partial charge in [-0.3, -0.25) is 5.41 Å². The number of rotatable bonds is 4. The van der Waals surface area contributed by atoms with Gasteiger partial charge < -0.3 is 10.5 Å². The van der Waals surface area contributed by atoms with Crippen molar-refractivity contribution in [3.8, 4) is 5.75 Å². The third-order valence-corrected chi connectivity index (χ3v) is 1.84. The maximum Gasteiger partial charge on any atom is 0.119 e. The number of amidine groups is 1. The number of nitrogens with two attached hydrogens (primary N) is 1. The zero-order chi connectivity index (χ0) is 10.6. The Balaban J connectivity index is 2.54. The van der Waals surface area contributed by atoms with Crippen LogP contribution in [0.4, 0.5) is 0 Å². The minimum absolute atomic E-state index is 0.161. The maximum absolute atomic E-state index is 7.04. The summed E-state index contributed by atoms with van der Waals surface area (Å²) in [6.45, 7) is 4.54. The van der Waals surface area contributed by atoms with Crippen LogP contribution in [0.15, 0.2) is 18.2 Å². The Kier molecular flexibility index (Phi) is 3.51. The van der Waals surface area contributed by atoms with Crippen LogP contribution in [-0.2, 0) is 0 Å². The minimum atomic E-state index is 0.161. The fourth-order valence-corrected chi connectivity index (χ4v) is 1.30. The molecule has 0 saturated heterocycles. The van der Waals surface area contributed by atoms with Crippen molar-refractivity contribution in [2.45, 2.75) is 20.3 Å². The van der Waals surface area contributed by atoms with Crippen molar-refractivity contribution in [2.75, 3.05) is 6.61 Å². The predicted octanol–water partition coefficient (Wildman–Crippen LogP) is 2.01. The van der Waals surface area contributed by atoms with E-state index in [2.05, 4.69) is 6.07 Å². The summed E-state index contributed by atoms with van der Waals surface area (Å²) in [5.74, 6) is 1.01. The van der Waals surface area contributed by atoms with E-state index in [1.807, 2.05) is 26.0 Å². The zero-order valence-electron chi connectivity index (χ0n) is 8.63. The molecule has 0 aromatic heterocycles. The van der Waals surface area contributed by atoms with Crippen molar-refractivity contribution in [2.24, 2.45) is 5.73 Å². The highest BCUT2D eigenvalue weighted by atomic mass is 16.5. The Morgan fingerprint density at radius 2 is 1.86 bits per heavy atom. The Morgan fingerprint density at radius 3 is 2.36 bits per heavy atom. The number of benzene rings is 1. The van der Waals surface area contributed by atoms with Gasteiger partial charge in [-0.2, -0.15) is 0 Å². The average Bonchev–Trinajstić information content (AvgIpc) is 2.01. The third-order valence-electron chi connectivity index (χ3n) is 1.84. The van der Waals surface area contributed by atoms with E-state index in [9.17, 15) is 0 Å². The lowest BCUT2D eigenvalue weighted by Crippen LogP contribution is -2.13. The van der Waals surface area contributed by atoms with Crippen LogP contribution in [-0.4, -0.2) is 12.4 Å². The minimum Gasteiger partial charge on any atom is -0.493 e. The first-order chi connectivity index (χ1) is 6.58. The van der Waals surface area contributed by atoms with Crippen LogP contribution in [0.1, 0.15) is 17.5 Å². The summed E-state index contributed by atoms with van der Waals surface area (Å²) in [5, 5.41) is 7.04. The first-order valence-corrected chi connectivity index (χ1v) is 4.62. The van der Waals surface area contributed by atoms with Gasteiger partial charge in [0, 0.05) is 6.42 Å². The standard InChI is InChI=1S/C11H16N2O/c1-8-5-9(2)7-10(6-8)14-4-3-11(12)13/h5-7H,3-4H2,1-2H3,(H3,12,13). The van der Waals surface area contributed by atoms with Gasteiger partial charge in [0.05, 0.1) is 12.4 Å². The lowest BCUT2D eigenvalue weighted by Gasteiger charge is -2.07.